The molecular weight excluding hydrogens is 308 g/mol. The molecule has 0 saturated carbocycles. The molecule has 2 heterocycles. The smallest absolute Gasteiger partial charge is 0.191 e. The van der Waals surface area contributed by atoms with E-state index in [4.69, 9.17) is 4.52 Å². The van der Waals surface area contributed by atoms with Crippen LogP contribution in [0.25, 0.3) is 0 Å². The molecule has 2 aromatic heterocycles. The number of hydrogen-bond acceptors (Lipinski definition) is 4. The summed E-state index contributed by atoms with van der Waals surface area (Å²) >= 11 is 1.78. The first kappa shape index (κ1) is 17.5. The van der Waals surface area contributed by atoms with E-state index in [1.807, 2.05) is 6.07 Å². The zero-order valence-corrected chi connectivity index (χ0v) is 14.9. The van der Waals surface area contributed by atoms with E-state index in [1.54, 1.807) is 18.4 Å². The standard InChI is InChI=1S/C17H26N4OS/c1-4-13(5-2)16-11-14(22-21-16)12-20-17(18-3)19-9-8-15-7-6-10-23-15/h6-7,10-11,13H,4-5,8-9,12H2,1-3H3,(H2,18,19,20). The van der Waals surface area contributed by atoms with E-state index < -0.39 is 0 Å². The number of guanidine groups is 1. The van der Waals surface area contributed by atoms with Gasteiger partial charge in [-0.15, -0.1) is 11.3 Å². The molecule has 0 spiro atoms. The van der Waals surface area contributed by atoms with Crippen LogP contribution in [0, 0.1) is 0 Å². The summed E-state index contributed by atoms with van der Waals surface area (Å²) in [6.07, 6.45) is 3.17. The third-order valence-corrected chi connectivity index (χ3v) is 4.81. The molecule has 6 heteroatoms. The van der Waals surface area contributed by atoms with Crippen molar-refractivity contribution in [2.24, 2.45) is 4.99 Å². The minimum atomic E-state index is 0.482. The van der Waals surface area contributed by atoms with Crippen LogP contribution in [0.15, 0.2) is 33.1 Å². The fourth-order valence-electron chi connectivity index (χ4n) is 2.46. The van der Waals surface area contributed by atoms with E-state index in [0.29, 0.717) is 12.5 Å². The van der Waals surface area contributed by atoms with Crippen LogP contribution in [-0.2, 0) is 13.0 Å². The summed E-state index contributed by atoms with van der Waals surface area (Å²) in [5.74, 6) is 2.10. The quantitative estimate of drug-likeness (QED) is 0.572. The maximum absolute atomic E-state index is 5.41. The predicted molar refractivity (Wildman–Crippen MR) is 96.1 cm³/mol. The zero-order chi connectivity index (χ0) is 16.5. The summed E-state index contributed by atoms with van der Waals surface area (Å²) in [6.45, 7) is 5.81. The molecule has 0 radical (unpaired) electrons. The molecule has 0 aliphatic heterocycles. The Morgan fingerprint density at radius 1 is 1.35 bits per heavy atom. The highest BCUT2D eigenvalue weighted by Crippen LogP contribution is 2.22. The van der Waals surface area contributed by atoms with Gasteiger partial charge in [0.05, 0.1) is 12.2 Å². The van der Waals surface area contributed by atoms with E-state index in [2.05, 4.69) is 52.1 Å². The fraction of sp³-hybridized carbons (Fsp3) is 0.529. The average Bonchev–Trinajstić information content (AvgIpc) is 3.24. The van der Waals surface area contributed by atoms with Gasteiger partial charge >= 0.3 is 0 Å². The Kier molecular flexibility index (Phi) is 7.13. The van der Waals surface area contributed by atoms with Crippen molar-refractivity contribution < 1.29 is 4.52 Å². The van der Waals surface area contributed by atoms with Gasteiger partial charge in [0.15, 0.2) is 11.7 Å². The molecule has 5 nitrogen and oxygen atoms in total. The summed E-state index contributed by atoms with van der Waals surface area (Å²) in [5, 5.41) is 12.9. The lowest BCUT2D eigenvalue weighted by Gasteiger charge is -2.10. The highest BCUT2D eigenvalue weighted by molar-refractivity contribution is 7.09. The van der Waals surface area contributed by atoms with Gasteiger partial charge in [0, 0.05) is 30.5 Å². The van der Waals surface area contributed by atoms with Crippen LogP contribution >= 0.6 is 11.3 Å². The van der Waals surface area contributed by atoms with Crippen molar-refractivity contribution in [3.63, 3.8) is 0 Å². The van der Waals surface area contributed by atoms with Crippen LogP contribution in [0.5, 0.6) is 0 Å². The first-order chi connectivity index (χ1) is 11.3. The molecule has 0 aliphatic rings. The van der Waals surface area contributed by atoms with Gasteiger partial charge in [-0.25, -0.2) is 0 Å². The molecule has 0 saturated heterocycles. The second-order valence-corrected chi connectivity index (χ2v) is 6.45. The van der Waals surface area contributed by atoms with Gasteiger partial charge in [0.2, 0.25) is 0 Å². The van der Waals surface area contributed by atoms with Gasteiger partial charge < -0.3 is 15.2 Å². The summed E-state index contributed by atoms with van der Waals surface area (Å²) in [6, 6.07) is 6.27. The predicted octanol–water partition coefficient (Wildman–Crippen LogP) is 3.55. The average molecular weight is 334 g/mol. The lowest BCUT2D eigenvalue weighted by atomic mass is 9.99. The molecule has 0 fully saturated rings. The lowest BCUT2D eigenvalue weighted by molar-refractivity contribution is 0.368. The van der Waals surface area contributed by atoms with Crippen LogP contribution in [0.3, 0.4) is 0 Å². The third kappa shape index (κ3) is 5.39. The van der Waals surface area contributed by atoms with Crippen LogP contribution in [0.1, 0.15) is 48.9 Å². The zero-order valence-electron chi connectivity index (χ0n) is 14.1. The minimum absolute atomic E-state index is 0.482. The Balaban J connectivity index is 1.76. The van der Waals surface area contributed by atoms with Crippen molar-refractivity contribution in [2.45, 2.75) is 45.6 Å². The van der Waals surface area contributed by atoms with Crippen molar-refractivity contribution in [2.75, 3.05) is 13.6 Å². The molecule has 0 bridgehead atoms. The molecule has 0 unspecified atom stereocenters. The molecular formula is C17H26N4OS. The van der Waals surface area contributed by atoms with Gasteiger partial charge in [-0.1, -0.05) is 25.1 Å². The summed E-state index contributed by atoms with van der Waals surface area (Å²) in [7, 11) is 1.77. The van der Waals surface area contributed by atoms with E-state index >= 15 is 0 Å². The van der Waals surface area contributed by atoms with Crippen molar-refractivity contribution in [1.29, 1.82) is 0 Å². The third-order valence-electron chi connectivity index (χ3n) is 3.88. The van der Waals surface area contributed by atoms with Gasteiger partial charge in [-0.3, -0.25) is 4.99 Å². The van der Waals surface area contributed by atoms with Crippen molar-refractivity contribution >= 4 is 17.3 Å². The number of thiophene rings is 1. The number of nitrogens with zero attached hydrogens (tertiary/aromatic N) is 2. The molecule has 0 aromatic carbocycles. The topological polar surface area (TPSA) is 62.5 Å². The largest absolute Gasteiger partial charge is 0.359 e. The Morgan fingerprint density at radius 2 is 2.17 bits per heavy atom. The Bertz CT molecular complexity index is 588. The summed E-state index contributed by atoms with van der Waals surface area (Å²) < 4.78 is 5.41. The van der Waals surface area contributed by atoms with E-state index in [9.17, 15) is 0 Å². The van der Waals surface area contributed by atoms with E-state index in [-0.39, 0.29) is 0 Å². The van der Waals surface area contributed by atoms with Crippen LogP contribution in [0.4, 0.5) is 0 Å². The van der Waals surface area contributed by atoms with Gasteiger partial charge in [0.25, 0.3) is 0 Å². The normalized spacial score (nSPS) is 11.9. The number of aliphatic imine (C=N–C) groups is 1. The van der Waals surface area contributed by atoms with Crippen LogP contribution in [-0.4, -0.2) is 24.7 Å². The number of hydrogen-bond donors (Lipinski definition) is 2. The van der Waals surface area contributed by atoms with E-state index in [0.717, 1.165) is 43.2 Å². The van der Waals surface area contributed by atoms with E-state index in [1.165, 1.54) is 4.88 Å². The van der Waals surface area contributed by atoms with Crippen LogP contribution < -0.4 is 10.6 Å². The molecule has 23 heavy (non-hydrogen) atoms. The molecule has 0 amide bonds. The van der Waals surface area contributed by atoms with Crippen LogP contribution in [0.2, 0.25) is 0 Å². The Hall–Kier alpha value is -1.82. The molecule has 126 valence electrons. The first-order valence-corrected chi connectivity index (χ1v) is 9.07. The highest BCUT2D eigenvalue weighted by Gasteiger charge is 2.13. The van der Waals surface area contributed by atoms with Gasteiger partial charge in [-0.2, -0.15) is 0 Å². The number of aromatic nitrogens is 1. The highest BCUT2D eigenvalue weighted by atomic mass is 32.1. The van der Waals surface area contributed by atoms with Crippen molar-refractivity contribution in [3.8, 4) is 0 Å². The maximum atomic E-state index is 5.41. The molecule has 2 rings (SSSR count). The first-order valence-electron chi connectivity index (χ1n) is 8.19. The van der Waals surface area contributed by atoms with Gasteiger partial charge in [-0.05, 0) is 30.7 Å². The lowest BCUT2D eigenvalue weighted by Crippen LogP contribution is -2.37. The Labute approximate surface area is 142 Å². The minimum Gasteiger partial charge on any atom is -0.359 e. The molecule has 0 aliphatic carbocycles. The molecule has 2 aromatic rings. The molecule has 2 N–H and O–H groups in total. The van der Waals surface area contributed by atoms with Crippen molar-refractivity contribution in [1.82, 2.24) is 15.8 Å². The fourth-order valence-corrected chi connectivity index (χ4v) is 3.17. The second-order valence-electron chi connectivity index (χ2n) is 5.41. The maximum Gasteiger partial charge on any atom is 0.191 e. The van der Waals surface area contributed by atoms with Gasteiger partial charge in [0.1, 0.15) is 0 Å². The SMILES string of the molecule is CCC(CC)c1cc(CNC(=NC)NCCc2cccs2)on1. The summed E-state index contributed by atoms with van der Waals surface area (Å²) in [4.78, 5) is 5.61. The number of rotatable bonds is 8. The monoisotopic (exact) mass is 334 g/mol. The molecule has 0 atom stereocenters. The van der Waals surface area contributed by atoms with Crippen molar-refractivity contribution in [3.05, 3.63) is 39.9 Å². The Morgan fingerprint density at radius 3 is 2.83 bits per heavy atom. The number of nitrogens with one attached hydrogen (secondary N) is 2. The second kappa shape index (κ2) is 9.35. The summed E-state index contributed by atoms with van der Waals surface area (Å²) in [5.41, 5.74) is 1.05.